The van der Waals surface area contributed by atoms with E-state index in [1.54, 1.807) is 24.3 Å². The van der Waals surface area contributed by atoms with Crippen molar-refractivity contribution in [2.75, 3.05) is 26.6 Å². The van der Waals surface area contributed by atoms with Crippen molar-refractivity contribution in [1.29, 1.82) is 0 Å². The highest BCUT2D eigenvalue weighted by Gasteiger charge is 2.32. The van der Waals surface area contributed by atoms with E-state index in [0.717, 1.165) is 16.0 Å². The number of rotatable bonds is 13. The number of carboxylic acids is 1. The normalized spacial score (nSPS) is 12.2. The van der Waals surface area contributed by atoms with Crippen LogP contribution in [0.15, 0.2) is 60.7 Å². The first kappa shape index (κ1) is 28.6. The number of hydrogen-bond donors (Lipinski definition) is 1. The van der Waals surface area contributed by atoms with Crippen LogP contribution in [0.2, 0.25) is 0 Å². The molecular weight excluding hydrogens is 488 g/mol. The third-order valence-electron chi connectivity index (χ3n) is 5.68. The molecule has 0 aliphatic heterocycles. The zero-order valence-electron chi connectivity index (χ0n) is 20.3. The molecule has 2 rings (SSSR count). The Morgan fingerprint density at radius 2 is 1.53 bits per heavy atom. The molecular formula is C26H31ClN2O7. The summed E-state index contributed by atoms with van der Waals surface area (Å²) in [4.78, 5) is 51.9. The van der Waals surface area contributed by atoms with E-state index in [9.17, 15) is 24.3 Å². The molecule has 0 aromatic heterocycles. The van der Waals surface area contributed by atoms with Crippen LogP contribution >= 0.6 is 11.6 Å². The van der Waals surface area contributed by atoms with Crippen molar-refractivity contribution in [3.05, 3.63) is 71.8 Å². The topological polar surface area (TPSA) is 113 Å². The number of esters is 1. The van der Waals surface area contributed by atoms with Crippen LogP contribution < -0.4 is 0 Å². The van der Waals surface area contributed by atoms with E-state index in [4.69, 9.17) is 21.1 Å². The lowest BCUT2D eigenvalue weighted by Crippen LogP contribution is -2.48. The van der Waals surface area contributed by atoms with Gasteiger partial charge in [0.05, 0.1) is 7.11 Å². The largest absolute Gasteiger partial charge is 0.480 e. The molecule has 0 bridgehead atoms. The third-order valence-corrected chi connectivity index (χ3v) is 5.91. The molecule has 36 heavy (non-hydrogen) atoms. The highest BCUT2D eigenvalue weighted by molar-refractivity contribution is 6.27. The number of alkyl halides is 1. The van der Waals surface area contributed by atoms with Crippen molar-refractivity contribution >= 4 is 35.5 Å². The Labute approximate surface area is 215 Å². The second kappa shape index (κ2) is 14.7. The van der Waals surface area contributed by atoms with Gasteiger partial charge in [0.15, 0.2) is 0 Å². The van der Waals surface area contributed by atoms with Gasteiger partial charge in [0.25, 0.3) is 0 Å². The zero-order chi connectivity index (χ0) is 26.5. The van der Waals surface area contributed by atoms with Gasteiger partial charge in [-0.15, -0.1) is 11.6 Å². The minimum Gasteiger partial charge on any atom is -0.480 e. The maximum atomic E-state index is 12.6. The lowest BCUT2D eigenvalue weighted by Gasteiger charge is -2.30. The Balaban J connectivity index is 2.06. The number of nitrogens with zero attached hydrogens (tertiary/aromatic N) is 2. The van der Waals surface area contributed by atoms with Crippen LogP contribution in [0.5, 0.6) is 0 Å². The smallest absolute Gasteiger partial charge is 0.410 e. The van der Waals surface area contributed by atoms with Crippen LogP contribution in [0, 0.1) is 0 Å². The van der Waals surface area contributed by atoms with Gasteiger partial charge in [-0.05, 0) is 24.0 Å². The average molecular weight is 519 g/mol. The van der Waals surface area contributed by atoms with E-state index >= 15 is 0 Å². The van der Waals surface area contributed by atoms with Crippen molar-refractivity contribution in [1.82, 2.24) is 9.80 Å². The first-order valence-electron chi connectivity index (χ1n) is 11.4. The maximum Gasteiger partial charge on any atom is 0.410 e. The predicted molar refractivity (Wildman–Crippen MR) is 133 cm³/mol. The minimum absolute atomic E-state index is 0.0236. The molecule has 2 aromatic rings. The van der Waals surface area contributed by atoms with Crippen molar-refractivity contribution in [2.24, 2.45) is 0 Å². The Hall–Kier alpha value is -3.59. The summed E-state index contributed by atoms with van der Waals surface area (Å²) in [6, 6.07) is 15.9. The summed E-state index contributed by atoms with van der Waals surface area (Å²) in [5.41, 5.74) is 1.55. The van der Waals surface area contributed by atoms with E-state index in [0.29, 0.717) is 0 Å². The molecule has 9 nitrogen and oxygen atoms in total. The lowest BCUT2D eigenvalue weighted by molar-refractivity contribution is -0.149. The number of halogens is 1. The van der Waals surface area contributed by atoms with Gasteiger partial charge in [-0.3, -0.25) is 9.69 Å². The molecule has 0 heterocycles. The summed E-state index contributed by atoms with van der Waals surface area (Å²) < 4.78 is 10.2. The van der Waals surface area contributed by atoms with Crippen LogP contribution in [0.1, 0.15) is 24.0 Å². The molecule has 1 N–H and O–H groups in total. The first-order chi connectivity index (χ1) is 17.3. The Morgan fingerprint density at radius 3 is 2.06 bits per heavy atom. The van der Waals surface area contributed by atoms with Crippen molar-refractivity contribution in [3.8, 4) is 0 Å². The number of hydrogen-bond acceptors (Lipinski definition) is 6. The number of likely N-dealkylation sites (N-methyl/N-ethyl adjacent to an activating group) is 1. The van der Waals surface area contributed by atoms with Crippen LogP contribution in [-0.2, 0) is 36.9 Å². The number of amides is 2. The Bertz CT molecular complexity index is 1000. The van der Waals surface area contributed by atoms with E-state index in [2.05, 4.69) is 0 Å². The van der Waals surface area contributed by atoms with Crippen LogP contribution in [0.3, 0.4) is 0 Å². The van der Waals surface area contributed by atoms with Gasteiger partial charge in [0, 0.05) is 20.0 Å². The molecule has 194 valence electrons. The summed E-state index contributed by atoms with van der Waals surface area (Å²) in [5.74, 6) is -2.73. The molecule has 0 fully saturated rings. The summed E-state index contributed by atoms with van der Waals surface area (Å²) in [7, 11) is 2.63. The highest BCUT2D eigenvalue weighted by Crippen LogP contribution is 2.15. The third kappa shape index (κ3) is 8.57. The number of carbonyl (C=O) groups is 4. The molecule has 0 radical (unpaired) electrons. The summed E-state index contributed by atoms with van der Waals surface area (Å²) in [6.07, 6.45) is -0.273. The van der Waals surface area contributed by atoms with Gasteiger partial charge in [0.2, 0.25) is 5.91 Å². The Kier molecular flexibility index (Phi) is 11.7. The molecule has 2 aromatic carbocycles. The zero-order valence-corrected chi connectivity index (χ0v) is 21.1. The SMILES string of the molecule is COC(=O)[C@H](CCCN(C(=O)CCl)[C@@H](Cc1ccccc1)C(=O)O)N(C)C(=O)OCc1ccccc1. The number of ether oxygens (including phenoxy) is 2. The summed E-state index contributed by atoms with van der Waals surface area (Å²) in [5, 5.41) is 9.82. The maximum absolute atomic E-state index is 12.6. The van der Waals surface area contributed by atoms with E-state index in [1.165, 1.54) is 19.1 Å². The molecule has 0 saturated carbocycles. The fourth-order valence-corrected chi connectivity index (χ4v) is 3.86. The molecule has 0 unspecified atom stereocenters. The number of methoxy groups -OCH3 is 1. The van der Waals surface area contributed by atoms with E-state index in [-0.39, 0.29) is 38.3 Å². The molecule has 2 atom stereocenters. The van der Waals surface area contributed by atoms with Crippen LogP contribution in [0.25, 0.3) is 0 Å². The van der Waals surface area contributed by atoms with Gasteiger partial charge in [-0.1, -0.05) is 60.7 Å². The van der Waals surface area contributed by atoms with Crippen LogP contribution in [0.4, 0.5) is 4.79 Å². The van der Waals surface area contributed by atoms with Gasteiger partial charge in [0.1, 0.15) is 24.6 Å². The minimum atomic E-state index is -1.16. The second-order valence-electron chi connectivity index (χ2n) is 8.10. The number of carbonyl (C=O) groups excluding carboxylic acids is 3. The summed E-state index contributed by atoms with van der Waals surface area (Å²) >= 11 is 5.76. The highest BCUT2D eigenvalue weighted by atomic mass is 35.5. The molecule has 2 amide bonds. The molecule has 0 spiro atoms. The van der Waals surface area contributed by atoms with E-state index in [1.807, 2.05) is 36.4 Å². The lowest BCUT2D eigenvalue weighted by atomic mass is 10.0. The number of aliphatic carboxylic acids is 1. The molecule has 0 saturated heterocycles. The fraction of sp³-hybridized carbons (Fsp3) is 0.385. The summed E-state index contributed by atoms with van der Waals surface area (Å²) in [6.45, 7) is 0.0609. The fourth-order valence-electron chi connectivity index (χ4n) is 3.71. The van der Waals surface area contributed by atoms with Crippen molar-refractivity contribution in [2.45, 2.75) is 38.0 Å². The van der Waals surface area contributed by atoms with Gasteiger partial charge in [-0.25, -0.2) is 14.4 Å². The number of carboxylic acid groups (broad SMARTS) is 1. The van der Waals surface area contributed by atoms with Crippen molar-refractivity contribution in [3.63, 3.8) is 0 Å². The van der Waals surface area contributed by atoms with E-state index < -0.39 is 36.0 Å². The quantitative estimate of drug-likeness (QED) is 0.319. The van der Waals surface area contributed by atoms with Crippen LogP contribution in [-0.4, -0.2) is 77.5 Å². The number of benzene rings is 2. The monoisotopic (exact) mass is 518 g/mol. The molecule has 0 aliphatic carbocycles. The predicted octanol–water partition coefficient (Wildman–Crippen LogP) is 3.34. The Morgan fingerprint density at radius 1 is 0.944 bits per heavy atom. The standard InChI is InChI=1S/C26H31ClN2O7/c1-28(26(34)36-18-20-12-7-4-8-13-20)21(25(33)35-2)14-9-15-29(23(30)17-27)22(24(31)32)16-19-10-5-3-6-11-19/h3-8,10-13,21-22H,9,14-18H2,1-2H3,(H,31,32)/t21-,22-/m0/s1. The van der Waals surface area contributed by atoms with Gasteiger partial charge < -0.3 is 19.5 Å². The average Bonchev–Trinajstić information content (AvgIpc) is 2.90. The molecule has 0 aliphatic rings. The second-order valence-corrected chi connectivity index (χ2v) is 8.36. The first-order valence-corrected chi connectivity index (χ1v) is 11.9. The van der Waals surface area contributed by atoms with Crippen molar-refractivity contribution < 1.29 is 33.8 Å². The van der Waals surface area contributed by atoms with Gasteiger partial charge in [-0.2, -0.15) is 0 Å². The molecule has 10 heteroatoms. The van der Waals surface area contributed by atoms with Gasteiger partial charge >= 0.3 is 18.0 Å².